The summed E-state index contributed by atoms with van der Waals surface area (Å²) < 4.78 is 24.7. The Morgan fingerprint density at radius 2 is 2.04 bits per heavy atom. The van der Waals surface area contributed by atoms with Gasteiger partial charge in [-0.05, 0) is 61.6 Å². The number of halogens is 1. The zero-order chi connectivity index (χ0) is 19.5. The highest BCUT2D eigenvalue weighted by molar-refractivity contribution is 7.90. The summed E-state index contributed by atoms with van der Waals surface area (Å²) >= 11 is 7.88. The maximum Gasteiger partial charge on any atom is 0.149 e. The molecule has 0 radical (unpaired) electrons. The van der Waals surface area contributed by atoms with Crippen LogP contribution in [0.3, 0.4) is 0 Å². The van der Waals surface area contributed by atoms with Gasteiger partial charge in [0.2, 0.25) is 0 Å². The van der Waals surface area contributed by atoms with Crippen LogP contribution in [0.2, 0.25) is 5.02 Å². The van der Waals surface area contributed by atoms with E-state index in [1.807, 2.05) is 30.4 Å². The first kappa shape index (κ1) is 18.6. The molecule has 0 amide bonds. The zero-order valence-electron chi connectivity index (χ0n) is 15.7. The van der Waals surface area contributed by atoms with E-state index in [1.54, 1.807) is 11.3 Å². The first-order valence-corrected chi connectivity index (χ1v) is 12.9. The Kier molecular flexibility index (Phi) is 4.38. The van der Waals surface area contributed by atoms with Crippen LogP contribution in [0.1, 0.15) is 36.6 Å². The van der Waals surface area contributed by atoms with E-state index in [4.69, 9.17) is 16.6 Å². The first-order valence-electron chi connectivity index (χ1n) is 9.66. The van der Waals surface area contributed by atoms with E-state index in [2.05, 4.69) is 17.2 Å². The van der Waals surface area contributed by atoms with Crippen molar-refractivity contribution in [2.45, 2.75) is 43.7 Å². The van der Waals surface area contributed by atoms with E-state index in [0.29, 0.717) is 17.4 Å². The lowest BCUT2D eigenvalue weighted by atomic mass is 9.50. The van der Waals surface area contributed by atoms with E-state index in [-0.39, 0.29) is 11.8 Å². The summed E-state index contributed by atoms with van der Waals surface area (Å²) in [5, 5.41) is 1.98. The number of nitrogens with zero attached hydrogens (tertiary/aromatic N) is 2. The number of thiazole rings is 1. The van der Waals surface area contributed by atoms with Crippen molar-refractivity contribution in [3.05, 3.63) is 52.7 Å². The molecule has 0 bridgehead atoms. The zero-order valence-corrected chi connectivity index (χ0v) is 18.1. The fourth-order valence-corrected chi connectivity index (χ4v) is 7.25. The summed E-state index contributed by atoms with van der Waals surface area (Å²) in [7, 11) is -3.00. The second kappa shape index (κ2) is 6.57. The van der Waals surface area contributed by atoms with E-state index < -0.39 is 9.84 Å². The van der Waals surface area contributed by atoms with Gasteiger partial charge in [0, 0.05) is 23.2 Å². The summed E-state index contributed by atoms with van der Waals surface area (Å²) in [6.45, 7) is 0. The van der Waals surface area contributed by atoms with Crippen molar-refractivity contribution >= 4 is 43.0 Å². The molecule has 4 nitrogen and oxygen atoms in total. The molecule has 148 valence electrons. The van der Waals surface area contributed by atoms with E-state index in [1.165, 1.54) is 28.8 Å². The number of aromatic nitrogens is 1. The first-order chi connectivity index (χ1) is 13.3. The predicted octanol–water partition coefficient (Wildman–Crippen LogP) is 4.77. The van der Waals surface area contributed by atoms with Gasteiger partial charge in [-0.25, -0.2) is 13.4 Å². The van der Waals surface area contributed by atoms with Gasteiger partial charge in [0.1, 0.15) is 9.84 Å². The van der Waals surface area contributed by atoms with Gasteiger partial charge in [-0.1, -0.05) is 23.8 Å². The topological polar surface area (TPSA) is 50.3 Å². The molecule has 0 saturated heterocycles. The van der Waals surface area contributed by atoms with Crippen LogP contribution < -0.4 is 0 Å². The number of benzene rings is 1. The molecular weight excluding hydrogens is 412 g/mol. The van der Waals surface area contributed by atoms with Crippen molar-refractivity contribution in [2.75, 3.05) is 12.0 Å². The van der Waals surface area contributed by atoms with Gasteiger partial charge in [0.25, 0.3) is 0 Å². The largest absolute Gasteiger partial charge is 0.367 e. The molecule has 1 aromatic carbocycles. The second-order valence-electron chi connectivity index (χ2n) is 8.66. The van der Waals surface area contributed by atoms with Crippen LogP contribution in [0.25, 0.3) is 10.2 Å². The normalized spacial score (nSPS) is 31.9. The van der Waals surface area contributed by atoms with Crippen LogP contribution in [0, 0.1) is 5.41 Å². The van der Waals surface area contributed by atoms with E-state index in [0.717, 1.165) is 23.4 Å². The average Bonchev–Trinajstić information content (AvgIpc) is 2.95. The number of rotatable bonds is 4. The molecule has 1 spiro atoms. The lowest BCUT2D eigenvalue weighted by molar-refractivity contribution is -0.0589. The molecule has 2 aliphatic carbocycles. The van der Waals surface area contributed by atoms with E-state index in [9.17, 15) is 8.42 Å². The minimum Gasteiger partial charge on any atom is -0.367 e. The summed E-state index contributed by atoms with van der Waals surface area (Å²) in [6, 6.07) is 6.35. The standard InChI is InChI=1S/C21H23ClN2O2S2/c1-28(25,26)13-16-4-2-3-7-24(16)17-11-21(12-17)9-14(10-21)20-23-18-8-15(22)5-6-19(18)27-20/h2-8,14,16-17H,9-13H2,1H3. The van der Waals surface area contributed by atoms with Gasteiger partial charge in [0.15, 0.2) is 0 Å². The monoisotopic (exact) mass is 434 g/mol. The smallest absolute Gasteiger partial charge is 0.149 e. The third-order valence-corrected chi connectivity index (χ3v) is 8.77. The molecule has 5 rings (SSSR count). The summed E-state index contributed by atoms with van der Waals surface area (Å²) in [6.07, 6.45) is 14.1. The highest BCUT2D eigenvalue weighted by Gasteiger charge is 2.55. The Balaban J connectivity index is 1.22. The average molecular weight is 435 g/mol. The fourth-order valence-electron chi connectivity index (χ4n) is 5.13. The highest BCUT2D eigenvalue weighted by atomic mass is 35.5. The molecule has 1 unspecified atom stereocenters. The molecular formula is C21H23ClN2O2S2. The van der Waals surface area contributed by atoms with Gasteiger partial charge in [-0.3, -0.25) is 0 Å². The van der Waals surface area contributed by atoms with Crippen molar-refractivity contribution in [1.29, 1.82) is 0 Å². The molecule has 7 heteroatoms. The van der Waals surface area contributed by atoms with Crippen molar-refractivity contribution < 1.29 is 8.42 Å². The van der Waals surface area contributed by atoms with Gasteiger partial charge in [0.05, 0.1) is 27.0 Å². The molecule has 2 saturated carbocycles. The molecule has 1 aromatic heterocycles. The predicted molar refractivity (Wildman–Crippen MR) is 116 cm³/mol. The third-order valence-electron chi connectivity index (χ3n) is 6.39. The maximum atomic E-state index is 11.8. The number of hydrogen-bond donors (Lipinski definition) is 0. The van der Waals surface area contributed by atoms with Crippen molar-refractivity contribution in [3.8, 4) is 0 Å². The van der Waals surface area contributed by atoms with E-state index >= 15 is 0 Å². The quantitative estimate of drug-likeness (QED) is 0.695. The van der Waals surface area contributed by atoms with Crippen LogP contribution in [0.5, 0.6) is 0 Å². The van der Waals surface area contributed by atoms with Gasteiger partial charge >= 0.3 is 0 Å². The minimum atomic E-state index is -3.00. The molecule has 0 N–H and O–H groups in total. The van der Waals surface area contributed by atoms with Crippen molar-refractivity contribution in [1.82, 2.24) is 9.88 Å². The Labute approximate surface area is 174 Å². The molecule has 2 fully saturated rings. The Morgan fingerprint density at radius 3 is 2.79 bits per heavy atom. The van der Waals surface area contributed by atoms with Crippen molar-refractivity contribution in [2.24, 2.45) is 5.41 Å². The molecule has 2 aromatic rings. The maximum absolute atomic E-state index is 11.8. The second-order valence-corrected chi connectivity index (χ2v) is 12.3. The van der Waals surface area contributed by atoms with Crippen LogP contribution in [-0.4, -0.2) is 42.4 Å². The van der Waals surface area contributed by atoms with Gasteiger partial charge in [-0.2, -0.15) is 0 Å². The number of fused-ring (bicyclic) bond motifs is 1. The van der Waals surface area contributed by atoms with Crippen LogP contribution in [0.4, 0.5) is 0 Å². The lowest BCUT2D eigenvalue weighted by Crippen LogP contribution is -2.57. The molecule has 3 aliphatic rings. The van der Waals surface area contributed by atoms with Crippen LogP contribution >= 0.6 is 22.9 Å². The third kappa shape index (κ3) is 3.40. The summed E-state index contributed by atoms with van der Waals surface area (Å²) in [5.74, 6) is 0.745. The molecule has 1 aliphatic heterocycles. The van der Waals surface area contributed by atoms with Gasteiger partial charge in [-0.15, -0.1) is 11.3 Å². The molecule has 2 heterocycles. The Hall–Kier alpha value is -1.37. The number of allylic oxidation sites excluding steroid dienone is 2. The number of sulfone groups is 1. The number of hydrogen-bond acceptors (Lipinski definition) is 5. The molecule has 1 atom stereocenters. The van der Waals surface area contributed by atoms with Crippen molar-refractivity contribution in [3.63, 3.8) is 0 Å². The van der Waals surface area contributed by atoms with Gasteiger partial charge < -0.3 is 4.90 Å². The summed E-state index contributed by atoms with van der Waals surface area (Å²) in [5.41, 5.74) is 1.43. The van der Waals surface area contributed by atoms with Crippen LogP contribution in [-0.2, 0) is 9.84 Å². The molecule has 28 heavy (non-hydrogen) atoms. The summed E-state index contributed by atoms with van der Waals surface area (Å²) in [4.78, 5) is 7.08. The lowest BCUT2D eigenvalue weighted by Gasteiger charge is -2.60. The Bertz CT molecular complexity index is 1080. The SMILES string of the molecule is CS(=O)(=O)CC1C=CC=CN1C1CC2(CC(c3nc4cc(Cl)ccc4s3)C2)C1. The van der Waals surface area contributed by atoms with Crippen LogP contribution in [0.15, 0.2) is 42.6 Å². The minimum absolute atomic E-state index is 0.0350. The highest BCUT2D eigenvalue weighted by Crippen LogP contribution is 2.63. The fraction of sp³-hybridized carbons (Fsp3) is 0.476. The Morgan fingerprint density at radius 1 is 1.25 bits per heavy atom.